The molecule has 1 fully saturated rings. The van der Waals surface area contributed by atoms with Gasteiger partial charge in [-0.2, -0.15) is 0 Å². The normalized spacial score (nSPS) is 14.5. The largest absolute Gasteiger partial charge is 0.461 e. The molecule has 6 nitrogen and oxygen atoms in total. The SMILES string of the molecule is CCOC(=O)c1[nH]c2ccc(CCN3CCCC3=O)cc2c1CCN(C)C. The number of hydrogen-bond acceptors (Lipinski definition) is 4. The van der Waals surface area contributed by atoms with E-state index in [1.807, 2.05) is 32.0 Å². The summed E-state index contributed by atoms with van der Waals surface area (Å²) in [5, 5.41) is 1.07. The number of hydrogen-bond donors (Lipinski definition) is 1. The average Bonchev–Trinajstić information content (AvgIpc) is 3.21. The van der Waals surface area contributed by atoms with E-state index in [9.17, 15) is 9.59 Å². The van der Waals surface area contributed by atoms with E-state index >= 15 is 0 Å². The van der Waals surface area contributed by atoms with Crippen molar-refractivity contribution in [3.8, 4) is 0 Å². The van der Waals surface area contributed by atoms with Crippen molar-refractivity contribution in [3.63, 3.8) is 0 Å². The summed E-state index contributed by atoms with van der Waals surface area (Å²) in [4.78, 5) is 31.5. The summed E-state index contributed by atoms with van der Waals surface area (Å²) in [7, 11) is 4.05. The van der Waals surface area contributed by atoms with Crippen LogP contribution in [0.2, 0.25) is 0 Å². The van der Waals surface area contributed by atoms with E-state index in [1.165, 1.54) is 5.56 Å². The summed E-state index contributed by atoms with van der Waals surface area (Å²) >= 11 is 0. The Morgan fingerprint density at radius 2 is 2.11 bits per heavy atom. The molecule has 1 amide bonds. The van der Waals surface area contributed by atoms with E-state index in [-0.39, 0.29) is 11.9 Å². The number of H-pyrrole nitrogens is 1. The summed E-state index contributed by atoms with van der Waals surface area (Å²) in [6, 6.07) is 6.25. The number of ether oxygens (including phenoxy) is 1. The van der Waals surface area contributed by atoms with E-state index in [1.54, 1.807) is 0 Å². The molecule has 1 saturated heterocycles. The third-order valence-corrected chi connectivity index (χ3v) is 5.10. The molecule has 0 unspecified atom stereocenters. The van der Waals surface area contributed by atoms with Gasteiger partial charge >= 0.3 is 5.97 Å². The molecule has 1 aliphatic heterocycles. The number of nitrogens with one attached hydrogen (secondary N) is 1. The molecule has 2 heterocycles. The lowest BCUT2D eigenvalue weighted by Gasteiger charge is -2.15. The summed E-state index contributed by atoms with van der Waals surface area (Å²) in [5.74, 6) is -0.0411. The van der Waals surface area contributed by atoms with Gasteiger partial charge in [0.1, 0.15) is 5.69 Å². The maximum Gasteiger partial charge on any atom is 0.355 e. The number of carbonyl (C=O) groups excluding carboxylic acids is 2. The molecule has 27 heavy (non-hydrogen) atoms. The molecule has 0 spiro atoms. The zero-order valence-electron chi connectivity index (χ0n) is 16.5. The second-order valence-corrected chi connectivity index (χ2v) is 7.37. The number of benzene rings is 1. The minimum Gasteiger partial charge on any atom is -0.461 e. The van der Waals surface area contributed by atoms with Crippen LogP contribution in [0, 0.1) is 0 Å². The van der Waals surface area contributed by atoms with Crippen molar-refractivity contribution in [3.05, 3.63) is 35.0 Å². The number of amides is 1. The first-order chi connectivity index (χ1) is 13.0. The van der Waals surface area contributed by atoms with Crippen molar-refractivity contribution in [2.45, 2.75) is 32.6 Å². The summed E-state index contributed by atoms with van der Waals surface area (Å²) in [6.07, 6.45) is 3.24. The van der Waals surface area contributed by atoms with Gasteiger partial charge in [0.15, 0.2) is 0 Å². The Balaban J connectivity index is 1.86. The topological polar surface area (TPSA) is 65.6 Å². The van der Waals surface area contributed by atoms with E-state index in [2.05, 4.69) is 22.0 Å². The van der Waals surface area contributed by atoms with Gasteiger partial charge in [0.2, 0.25) is 5.91 Å². The molecule has 6 heteroatoms. The van der Waals surface area contributed by atoms with Gasteiger partial charge < -0.3 is 19.5 Å². The highest BCUT2D eigenvalue weighted by Crippen LogP contribution is 2.26. The molecule has 0 aliphatic carbocycles. The maximum atomic E-state index is 12.4. The number of rotatable bonds is 8. The molecule has 3 rings (SSSR count). The molecule has 1 aromatic carbocycles. The van der Waals surface area contributed by atoms with Crippen LogP contribution >= 0.6 is 0 Å². The molecule has 0 atom stereocenters. The molecule has 1 aromatic heterocycles. The fourth-order valence-corrected chi connectivity index (χ4v) is 3.63. The van der Waals surface area contributed by atoms with Gasteiger partial charge in [-0.1, -0.05) is 6.07 Å². The number of aromatic amines is 1. The van der Waals surface area contributed by atoms with E-state index in [0.717, 1.165) is 55.4 Å². The molecule has 146 valence electrons. The first-order valence-electron chi connectivity index (χ1n) is 9.72. The van der Waals surface area contributed by atoms with Gasteiger partial charge in [-0.3, -0.25) is 4.79 Å². The Morgan fingerprint density at radius 1 is 1.30 bits per heavy atom. The zero-order chi connectivity index (χ0) is 19.4. The monoisotopic (exact) mass is 371 g/mol. The number of likely N-dealkylation sites (N-methyl/N-ethyl adjacent to an activating group) is 1. The van der Waals surface area contributed by atoms with Crippen molar-refractivity contribution in [1.29, 1.82) is 0 Å². The maximum absolute atomic E-state index is 12.4. The lowest BCUT2D eigenvalue weighted by atomic mass is 10.0. The molecule has 2 aromatic rings. The Labute approximate surface area is 160 Å². The molecule has 1 aliphatic rings. The number of fused-ring (bicyclic) bond motifs is 1. The van der Waals surface area contributed by atoms with Crippen LogP contribution in [0.4, 0.5) is 0 Å². The third kappa shape index (κ3) is 4.50. The molecule has 0 saturated carbocycles. The van der Waals surface area contributed by atoms with Crippen molar-refractivity contribution in [2.75, 3.05) is 40.3 Å². The highest BCUT2D eigenvalue weighted by atomic mass is 16.5. The second-order valence-electron chi connectivity index (χ2n) is 7.37. The Morgan fingerprint density at radius 3 is 2.78 bits per heavy atom. The lowest BCUT2D eigenvalue weighted by Crippen LogP contribution is -2.26. The van der Waals surface area contributed by atoms with Crippen LogP contribution in [0.1, 0.15) is 41.4 Å². The number of aromatic nitrogens is 1. The van der Waals surface area contributed by atoms with Crippen LogP contribution in [-0.2, 0) is 22.4 Å². The smallest absolute Gasteiger partial charge is 0.355 e. The van der Waals surface area contributed by atoms with Gasteiger partial charge in [0.05, 0.1) is 6.61 Å². The summed E-state index contributed by atoms with van der Waals surface area (Å²) in [6.45, 7) is 4.65. The fourth-order valence-electron chi connectivity index (χ4n) is 3.63. The Bertz CT molecular complexity index is 825. The number of nitrogens with zero attached hydrogens (tertiary/aromatic N) is 2. The van der Waals surface area contributed by atoms with Crippen molar-refractivity contribution < 1.29 is 14.3 Å². The van der Waals surface area contributed by atoms with E-state index in [0.29, 0.717) is 18.7 Å². The predicted molar refractivity (Wildman–Crippen MR) is 106 cm³/mol. The molecule has 0 bridgehead atoms. The molecular formula is C21H29N3O3. The lowest BCUT2D eigenvalue weighted by molar-refractivity contribution is -0.127. The summed E-state index contributed by atoms with van der Waals surface area (Å²) < 4.78 is 5.23. The van der Waals surface area contributed by atoms with Crippen LogP contribution < -0.4 is 0 Å². The highest BCUT2D eigenvalue weighted by molar-refractivity contribution is 5.98. The van der Waals surface area contributed by atoms with E-state index < -0.39 is 0 Å². The average molecular weight is 371 g/mol. The van der Waals surface area contributed by atoms with Gasteiger partial charge in [-0.05, 0) is 63.5 Å². The standard InChI is InChI=1S/C21H29N3O3/c1-4-27-21(26)20-16(10-12-23(2)3)17-14-15(7-8-18(17)22-20)9-13-24-11-5-6-19(24)25/h7-8,14,22H,4-6,9-13H2,1-3H3. The fraction of sp³-hybridized carbons (Fsp3) is 0.524. The number of likely N-dealkylation sites (tertiary alicyclic amines) is 1. The molecular weight excluding hydrogens is 342 g/mol. The zero-order valence-corrected chi connectivity index (χ0v) is 16.5. The number of esters is 1. The second kappa shape index (κ2) is 8.57. The van der Waals surface area contributed by atoms with Gasteiger partial charge in [0, 0.05) is 37.0 Å². The minimum absolute atomic E-state index is 0.258. The van der Waals surface area contributed by atoms with Crippen LogP contribution in [0.25, 0.3) is 10.9 Å². The minimum atomic E-state index is -0.299. The highest BCUT2D eigenvalue weighted by Gasteiger charge is 2.21. The van der Waals surface area contributed by atoms with Crippen LogP contribution in [0.15, 0.2) is 18.2 Å². The molecule has 0 radical (unpaired) electrons. The van der Waals surface area contributed by atoms with Gasteiger partial charge in [-0.25, -0.2) is 4.79 Å². The van der Waals surface area contributed by atoms with Crippen molar-refractivity contribution in [2.24, 2.45) is 0 Å². The summed E-state index contributed by atoms with van der Waals surface area (Å²) in [5.41, 5.74) is 3.70. The first-order valence-corrected chi connectivity index (χ1v) is 9.72. The van der Waals surface area contributed by atoms with Crippen LogP contribution in [0.3, 0.4) is 0 Å². The Kier molecular flexibility index (Phi) is 6.16. The Hall–Kier alpha value is -2.34. The quantitative estimate of drug-likeness (QED) is 0.725. The van der Waals surface area contributed by atoms with Crippen molar-refractivity contribution >= 4 is 22.8 Å². The van der Waals surface area contributed by atoms with Gasteiger partial charge in [0.25, 0.3) is 0 Å². The van der Waals surface area contributed by atoms with Crippen molar-refractivity contribution in [1.82, 2.24) is 14.8 Å². The van der Waals surface area contributed by atoms with Gasteiger partial charge in [-0.15, -0.1) is 0 Å². The predicted octanol–water partition coefficient (Wildman–Crippen LogP) is 2.61. The van der Waals surface area contributed by atoms with Crippen LogP contribution in [-0.4, -0.2) is 67.0 Å². The first kappa shape index (κ1) is 19.4. The number of carbonyl (C=O) groups is 2. The third-order valence-electron chi connectivity index (χ3n) is 5.10. The molecule has 1 N–H and O–H groups in total. The van der Waals surface area contributed by atoms with Crippen LogP contribution in [0.5, 0.6) is 0 Å². The van der Waals surface area contributed by atoms with E-state index in [4.69, 9.17) is 4.74 Å².